The Balaban J connectivity index is 1.76. The van der Waals surface area contributed by atoms with Gasteiger partial charge in [0.15, 0.2) is 17.1 Å². The smallest absolute Gasteiger partial charge is 0.416 e. The lowest BCUT2D eigenvalue weighted by molar-refractivity contribution is -0.137. The van der Waals surface area contributed by atoms with Crippen molar-refractivity contribution in [3.8, 4) is 5.75 Å². The second-order valence-corrected chi connectivity index (χ2v) is 10.4. The Hall–Kier alpha value is -3.01. The third-order valence-electron chi connectivity index (χ3n) is 5.52. The number of hydrogen-bond acceptors (Lipinski definition) is 5. The Bertz CT molecular complexity index is 1190. The molecule has 0 aliphatic heterocycles. The average molecular weight is 521 g/mol. The van der Waals surface area contributed by atoms with E-state index in [-0.39, 0.29) is 11.7 Å². The fraction of sp³-hybridized carbons (Fsp3) is 0.423. The molecule has 0 saturated carbocycles. The Kier molecular flexibility index (Phi) is 8.71. The molecule has 1 N–H and O–H groups in total. The van der Waals surface area contributed by atoms with Gasteiger partial charge < -0.3 is 14.6 Å². The van der Waals surface area contributed by atoms with Crippen molar-refractivity contribution in [1.29, 1.82) is 0 Å². The van der Waals surface area contributed by atoms with Gasteiger partial charge in [0.25, 0.3) is 0 Å². The maximum atomic E-state index is 13.0. The average Bonchev–Trinajstić information content (AvgIpc) is 3.23. The molecule has 194 valence electrons. The molecule has 1 aromatic heterocycles. The molecule has 0 radical (unpaired) electrons. The molecule has 0 spiro atoms. The SMILES string of the molecule is CC(Sc1nnc(C(C)Oc2ccccc2C(C)C)n1C(C)C)C(=O)Nc1cccc(C(F)(F)F)c1. The molecule has 10 heteroatoms. The van der Waals surface area contributed by atoms with Crippen LogP contribution in [0.3, 0.4) is 0 Å². The molecule has 0 aliphatic carbocycles. The number of carbonyl (C=O) groups excluding carboxylic acids is 1. The Labute approximate surface area is 213 Å². The molecule has 2 atom stereocenters. The highest BCUT2D eigenvalue weighted by Gasteiger charge is 2.31. The van der Waals surface area contributed by atoms with E-state index < -0.39 is 29.0 Å². The Morgan fingerprint density at radius 3 is 2.33 bits per heavy atom. The summed E-state index contributed by atoms with van der Waals surface area (Å²) < 4.78 is 47.2. The molecule has 0 saturated heterocycles. The third kappa shape index (κ3) is 6.60. The van der Waals surface area contributed by atoms with Crippen LogP contribution in [-0.4, -0.2) is 25.9 Å². The molecule has 2 unspecified atom stereocenters. The predicted octanol–water partition coefficient (Wildman–Crippen LogP) is 7.26. The number of aromatic nitrogens is 3. The molecule has 0 bridgehead atoms. The quantitative estimate of drug-likeness (QED) is 0.301. The number of carbonyl (C=O) groups is 1. The van der Waals surface area contributed by atoms with Crippen LogP contribution < -0.4 is 10.1 Å². The van der Waals surface area contributed by atoms with Gasteiger partial charge in [-0.1, -0.05) is 49.9 Å². The van der Waals surface area contributed by atoms with E-state index >= 15 is 0 Å². The monoisotopic (exact) mass is 520 g/mol. The molecule has 2 aromatic carbocycles. The highest BCUT2D eigenvalue weighted by atomic mass is 32.2. The highest BCUT2D eigenvalue weighted by molar-refractivity contribution is 8.00. The van der Waals surface area contributed by atoms with Crippen molar-refractivity contribution in [2.45, 2.75) is 76.2 Å². The van der Waals surface area contributed by atoms with Crippen molar-refractivity contribution in [3.05, 3.63) is 65.5 Å². The number of nitrogens with zero attached hydrogens (tertiary/aromatic N) is 3. The second-order valence-electron chi connectivity index (χ2n) is 9.09. The van der Waals surface area contributed by atoms with Crippen molar-refractivity contribution in [2.75, 3.05) is 5.32 Å². The van der Waals surface area contributed by atoms with Crippen molar-refractivity contribution >= 4 is 23.4 Å². The first-order valence-corrected chi connectivity index (χ1v) is 12.6. The summed E-state index contributed by atoms with van der Waals surface area (Å²) in [4.78, 5) is 12.7. The third-order valence-corrected chi connectivity index (χ3v) is 6.58. The molecular formula is C26H31F3N4O2S. The Morgan fingerprint density at radius 1 is 1.00 bits per heavy atom. The second kappa shape index (κ2) is 11.4. The number of para-hydroxylation sites is 1. The first-order chi connectivity index (χ1) is 16.9. The van der Waals surface area contributed by atoms with Gasteiger partial charge in [0.1, 0.15) is 5.75 Å². The normalized spacial score (nSPS) is 13.6. The van der Waals surface area contributed by atoms with E-state index in [9.17, 15) is 18.0 Å². The van der Waals surface area contributed by atoms with Crippen LogP contribution in [0, 0.1) is 0 Å². The summed E-state index contributed by atoms with van der Waals surface area (Å²) in [6, 6.07) is 12.4. The van der Waals surface area contributed by atoms with Crippen LogP contribution >= 0.6 is 11.8 Å². The van der Waals surface area contributed by atoms with Gasteiger partial charge in [0.2, 0.25) is 5.91 Å². The van der Waals surface area contributed by atoms with E-state index in [1.54, 1.807) is 6.92 Å². The molecule has 36 heavy (non-hydrogen) atoms. The topological polar surface area (TPSA) is 69.0 Å². The maximum absolute atomic E-state index is 13.0. The lowest BCUT2D eigenvalue weighted by atomic mass is 10.0. The number of amides is 1. The van der Waals surface area contributed by atoms with Crippen LogP contribution in [0.4, 0.5) is 18.9 Å². The van der Waals surface area contributed by atoms with E-state index in [0.29, 0.717) is 16.9 Å². The number of thioether (sulfide) groups is 1. The van der Waals surface area contributed by atoms with Gasteiger partial charge >= 0.3 is 6.18 Å². The van der Waals surface area contributed by atoms with E-state index in [1.165, 1.54) is 23.9 Å². The van der Waals surface area contributed by atoms with Crippen LogP contribution in [-0.2, 0) is 11.0 Å². The zero-order valence-electron chi connectivity index (χ0n) is 21.1. The lowest BCUT2D eigenvalue weighted by Gasteiger charge is -2.21. The number of halogens is 3. The summed E-state index contributed by atoms with van der Waals surface area (Å²) in [5.41, 5.74) is 0.353. The van der Waals surface area contributed by atoms with Gasteiger partial charge in [-0.3, -0.25) is 4.79 Å². The summed E-state index contributed by atoms with van der Waals surface area (Å²) in [6.07, 6.45) is -4.89. The standard InChI is InChI=1S/C26H31F3N4O2S/c1-15(2)21-12-7-8-13-22(21)35-17(5)23-31-32-25(33(23)16(3)4)36-18(6)24(34)30-20-11-9-10-19(14-20)26(27,28)29/h7-18H,1-6H3,(H,30,34). The van der Waals surface area contributed by atoms with Gasteiger partial charge in [-0.25, -0.2) is 0 Å². The van der Waals surface area contributed by atoms with Crippen molar-refractivity contribution in [3.63, 3.8) is 0 Å². The van der Waals surface area contributed by atoms with Crippen LogP contribution in [0.5, 0.6) is 5.75 Å². The zero-order chi connectivity index (χ0) is 26.6. The van der Waals surface area contributed by atoms with E-state index in [1.807, 2.05) is 49.6 Å². The summed E-state index contributed by atoms with van der Waals surface area (Å²) in [5, 5.41) is 11.1. The van der Waals surface area contributed by atoms with Crippen LogP contribution in [0.1, 0.15) is 76.6 Å². The first kappa shape index (κ1) is 27.6. The number of alkyl halides is 3. The van der Waals surface area contributed by atoms with Gasteiger partial charge in [0.05, 0.1) is 10.8 Å². The molecule has 3 rings (SSSR count). The van der Waals surface area contributed by atoms with Crippen molar-refractivity contribution in [1.82, 2.24) is 14.8 Å². The first-order valence-electron chi connectivity index (χ1n) is 11.7. The number of benzene rings is 2. The van der Waals surface area contributed by atoms with Crippen LogP contribution in [0.25, 0.3) is 0 Å². The highest BCUT2D eigenvalue weighted by Crippen LogP contribution is 2.34. The summed E-state index contributed by atoms with van der Waals surface area (Å²) >= 11 is 1.19. The molecule has 1 amide bonds. The summed E-state index contributed by atoms with van der Waals surface area (Å²) in [7, 11) is 0. The minimum absolute atomic E-state index is 0.0115. The van der Waals surface area contributed by atoms with Crippen molar-refractivity contribution in [2.24, 2.45) is 0 Å². The Morgan fingerprint density at radius 2 is 1.69 bits per heavy atom. The van der Waals surface area contributed by atoms with Crippen LogP contribution in [0.15, 0.2) is 53.7 Å². The largest absolute Gasteiger partial charge is 0.482 e. The zero-order valence-corrected chi connectivity index (χ0v) is 21.9. The predicted molar refractivity (Wildman–Crippen MR) is 135 cm³/mol. The van der Waals surface area contributed by atoms with Gasteiger partial charge in [-0.2, -0.15) is 13.2 Å². The van der Waals surface area contributed by atoms with Crippen LogP contribution in [0.2, 0.25) is 0 Å². The molecule has 0 fully saturated rings. The number of rotatable bonds is 9. The fourth-order valence-electron chi connectivity index (χ4n) is 3.67. The number of hydrogen-bond donors (Lipinski definition) is 1. The van der Waals surface area contributed by atoms with E-state index in [2.05, 4.69) is 29.4 Å². The van der Waals surface area contributed by atoms with Gasteiger partial charge in [0, 0.05) is 11.7 Å². The molecule has 1 heterocycles. The summed E-state index contributed by atoms with van der Waals surface area (Å²) in [6.45, 7) is 11.7. The number of nitrogens with one attached hydrogen (secondary N) is 1. The minimum Gasteiger partial charge on any atom is -0.482 e. The summed E-state index contributed by atoms with van der Waals surface area (Å²) in [5.74, 6) is 1.26. The number of anilines is 1. The molecule has 3 aromatic rings. The van der Waals surface area contributed by atoms with Crippen molar-refractivity contribution < 1.29 is 22.7 Å². The maximum Gasteiger partial charge on any atom is 0.416 e. The van der Waals surface area contributed by atoms with E-state index in [0.717, 1.165) is 23.4 Å². The molecule has 0 aliphatic rings. The molecular weight excluding hydrogens is 489 g/mol. The lowest BCUT2D eigenvalue weighted by Crippen LogP contribution is -2.23. The van der Waals surface area contributed by atoms with Gasteiger partial charge in [-0.15, -0.1) is 10.2 Å². The van der Waals surface area contributed by atoms with Gasteiger partial charge in [-0.05, 0) is 63.4 Å². The number of ether oxygens (including phenoxy) is 1. The van der Waals surface area contributed by atoms with E-state index in [4.69, 9.17) is 4.74 Å². The fourth-order valence-corrected chi connectivity index (χ4v) is 4.66. The molecule has 6 nitrogen and oxygen atoms in total. The minimum atomic E-state index is -4.49.